The molecule has 1 aliphatic carbocycles. The van der Waals surface area contributed by atoms with Crippen LogP contribution in [0.1, 0.15) is 29.5 Å². The summed E-state index contributed by atoms with van der Waals surface area (Å²) in [6.07, 6.45) is 2.39. The maximum absolute atomic E-state index is 9.41. The van der Waals surface area contributed by atoms with E-state index in [1.807, 2.05) is 30.3 Å². The lowest BCUT2D eigenvalue weighted by Gasteiger charge is -2.27. The average molecular weight is 277 g/mol. The minimum Gasteiger partial charge on any atom is -0.399 e. The van der Waals surface area contributed by atoms with Gasteiger partial charge in [-0.3, -0.25) is 0 Å². The van der Waals surface area contributed by atoms with E-state index in [0.29, 0.717) is 6.04 Å². The fourth-order valence-corrected chi connectivity index (χ4v) is 2.80. The average Bonchev–Trinajstić information content (AvgIpc) is 3.29. The van der Waals surface area contributed by atoms with Gasteiger partial charge >= 0.3 is 0 Å². The molecule has 2 aromatic carbocycles. The van der Waals surface area contributed by atoms with Crippen LogP contribution in [0.4, 0.5) is 11.4 Å². The molecule has 2 N–H and O–H groups in total. The number of hydrogen-bond donors (Lipinski definition) is 1. The number of para-hydroxylation sites is 1. The molecule has 0 bridgehead atoms. The van der Waals surface area contributed by atoms with Crippen molar-refractivity contribution in [3.63, 3.8) is 0 Å². The number of nitrogens with two attached hydrogens (primary N) is 1. The molecular weight excluding hydrogens is 258 g/mol. The van der Waals surface area contributed by atoms with Crippen molar-refractivity contribution in [2.45, 2.75) is 32.4 Å². The van der Waals surface area contributed by atoms with Crippen LogP contribution in [0.25, 0.3) is 0 Å². The topological polar surface area (TPSA) is 53.0 Å². The molecule has 0 aromatic heterocycles. The Morgan fingerprint density at radius 2 is 2.00 bits per heavy atom. The molecule has 1 aliphatic rings. The molecule has 0 amide bonds. The van der Waals surface area contributed by atoms with Crippen molar-refractivity contribution in [1.29, 1.82) is 5.26 Å². The number of rotatable bonds is 4. The molecular formula is C18H19N3. The van der Waals surface area contributed by atoms with Crippen molar-refractivity contribution in [3.8, 4) is 6.07 Å². The van der Waals surface area contributed by atoms with Gasteiger partial charge in [-0.25, -0.2) is 0 Å². The van der Waals surface area contributed by atoms with E-state index in [4.69, 9.17) is 5.73 Å². The summed E-state index contributed by atoms with van der Waals surface area (Å²) in [6.45, 7) is 2.88. The van der Waals surface area contributed by atoms with E-state index in [0.717, 1.165) is 29.0 Å². The molecule has 3 heteroatoms. The summed E-state index contributed by atoms with van der Waals surface area (Å²) in [5.74, 6) is 0. The first-order valence-corrected chi connectivity index (χ1v) is 7.30. The third kappa shape index (κ3) is 2.85. The number of nitrogens with zero attached hydrogens (tertiary/aromatic N) is 2. The zero-order chi connectivity index (χ0) is 14.8. The fourth-order valence-electron chi connectivity index (χ4n) is 2.80. The molecule has 0 radical (unpaired) electrons. The number of benzene rings is 2. The Hall–Kier alpha value is -2.47. The normalized spacial score (nSPS) is 13.7. The highest BCUT2D eigenvalue weighted by atomic mass is 15.2. The molecule has 0 unspecified atom stereocenters. The van der Waals surface area contributed by atoms with Crippen LogP contribution in [0.5, 0.6) is 0 Å². The Balaban J connectivity index is 1.98. The quantitative estimate of drug-likeness (QED) is 0.868. The van der Waals surface area contributed by atoms with Crippen LogP contribution in [0.2, 0.25) is 0 Å². The predicted octanol–water partition coefficient (Wildman–Crippen LogP) is 3.62. The van der Waals surface area contributed by atoms with E-state index in [2.05, 4.69) is 30.0 Å². The summed E-state index contributed by atoms with van der Waals surface area (Å²) in [5.41, 5.74) is 10.8. The van der Waals surface area contributed by atoms with E-state index in [1.54, 1.807) is 0 Å². The predicted molar refractivity (Wildman–Crippen MR) is 86.0 cm³/mol. The standard InChI is InChI=1S/C18H19N3/c1-13-4-2-6-15(11-19)18(13)21(17-8-9-17)12-14-5-3-7-16(20)10-14/h2-7,10,17H,8-9,12,20H2,1H3. The van der Waals surface area contributed by atoms with Gasteiger partial charge in [0.05, 0.1) is 11.3 Å². The van der Waals surface area contributed by atoms with Crippen LogP contribution in [0.3, 0.4) is 0 Å². The molecule has 1 fully saturated rings. The summed E-state index contributed by atoms with van der Waals surface area (Å²) in [5, 5.41) is 9.41. The summed E-state index contributed by atoms with van der Waals surface area (Å²) in [4.78, 5) is 2.36. The highest BCUT2D eigenvalue weighted by Gasteiger charge is 2.31. The van der Waals surface area contributed by atoms with Gasteiger partial charge in [-0.1, -0.05) is 24.3 Å². The van der Waals surface area contributed by atoms with Gasteiger partial charge in [-0.15, -0.1) is 0 Å². The molecule has 21 heavy (non-hydrogen) atoms. The minimum atomic E-state index is 0.541. The summed E-state index contributed by atoms with van der Waals surface area (Å²) < 4.78 is 0. The van der Waals surface area contributed by atoms with Gasteiger partial charge < -0.3 is 10.6 Å². The number of nitrogen functional groups attached to an aromatic ring is 1. The first kappa shape index (κ1) is 13.5. The van der Waals surface area contributed by atoms with Gasteiger partial charge in [0.2, 0.25) is 0 Å². The van der Waals surface area contributed by atoms with Crippen LogP contribution in [0.15, 0.2) is 42.5 Å². The largest absolute Gasteiger partial charge is 0.399 e. The first-order valence-electron chi connectivity index (χ1n) is 7.30. The Bertz CT molecular complexity index is 696. The minimum absolute atomic E-state index is 0.541. The van der Waals surface area contributed by atoms with E-state index >= 15 is 0 Å². The maximum atomic E-state index is 9.41. The van der Waals surface area contributed by atoms with Crippen LogP contribution in [-0.2, 0) is 6.54 Å². The van der Waals surface area contributed by atoms with Gasteiger partial charge in [0.15, 0.2) is 0 Å². The van der Waals surface area contributed by atoms with Crippen molar-refractivity contribution in [3.05, 3.63) is 59.2 Å². The molecule has 0 heterocycles. The van der Waals surface area contributed by atoms with Crippen molar-refractivity contribution in [1.82, 2.24) is 0 Å². The lowest BCUT2D eigenvalue weighted by molar-refractivity contribution is 0.790. The van der Waals surface area contributed by atoms with E-state index in [-0.39, 0.29) is 0 Å². The van der Waals surface area contributed by atoms with E-state index < -0.39 is 0 Å². The number of nitriles is 1. The highest BCUT2D eigenvalue weighted by molar-refractivity contribution is 5.65. The van der Waals surface area contributed by atoms with Crippen LogP contribution < -0.4 is 10.6 Å². The SMILES string of the molecule is Cc1cccc(C#N)c1N(Cc1cccc(N)c1)C1CC1. The number of hydrogen-bond acceptors (Lipinski definition) is 3. The Morgan fingerprint density at radius 3 is 2.67 bits per heavy atom. The van der Waals surface area contributed by atoms with Crippen LogP contribution in [0, 0.1) is 18.3 Å². The lowest BCUT2D eigenvalue weighted by atomic mass is 10.1. The molecule has 1 saturated carbocycles. The third-order valence-electron chi connectivity index (χ3n) is 3.94. The van der Waals surface area contributed by atoms with Crippen molar-refractivity contribution in [2.75, 3.05) is 10.6 Å². The van der Waals surface area contributed by atoms with Gasteiger partial charge in [0.1, 0.15) is 6.07 Å². The van der Waals surface area contributed by atoms with E-state index in [9.17, 15) is 5.26 Å². The second-order valence-electron chi connectivity index (χ2n) is 5.69. The number of aryl methyl sites for hydroxylation is 1. The Kier molecular flexibility index (Phi) is 3.53. The zero-order valence-corrected chi connectivity index (χ0v) is 12.2. The monoisotopic (exact) mass is 277 g/mol. The molecule has 3 rings (SSSR count). The van der Waals surface area contributed by atoms with Crippen molar-refractivity contribution < 1.29 is 0 Å². The first-order chi connectivity index (χ1) is 10.2. The fraction of sp³-hybridized carbons (Fsp3) is 0.278. The van der Waals surface area contributed by atoms with Crippen LogP contribution >= 0.6 is 0 Å². The number of anilines is 2. The van der Waals surface area contributed by atoms with Crippen molar-refractivity contribution >= 4 is 11.4 Å². The second-order valence-corrected chi connectivity index (χ2v) is 5.69. The maximum Gasteiger partial charge on any atom is 0.101 e. The van der Waals surface area contributed by atoms with Gasteiger partial charge in [0.25, 0.3) is 0 Å². The second kappa shape index (κ2) is 5.49. The van der Waals surface area contributed by atoms with Crippen LogP contribution in [-0.4, -0.2) is 6.04 Å². The molecule has 3 nitrogen and oxygen atoms in total. The summed E-state index contributed by atoms with van der Waals surface area (Å²) in [6, 6.07) is 16.8. The third-order valence-corrected chi connectivity index (χ3v) is 3.94. The molecule has 0 atom stereocenters. The van der Waals surface area contributed by atoms with Gasteiger partial charge in [0, 0.05) is 18.3 Å². The van der Waals surface area contributed by atoms with Crippen molar-refractivity contribution in [2.24, 2.45) is 0 Å². The zero-order valence-electron chi connectivity index (χ0n) is 12.2. The molecule has 106 valence electrons. The molecule has 0 saturated heterocycles. The smallest absolute Gasteiger partial charge is 0.101 e. The Labute approximate surface area is 125 Å². The van der Waals surface area contributed by atoms with E-state index in [1.165, 1.54) is 18.4 Å². The highest BCUT2D eigenvalue weighted by Crippen LogP contribution is 2.36. The Morgan fingerprint density at radius 1 is 1.24 bits per heavy atom. The van der Waals surface area contributed by atoms with Gasteiger partial charge in [-0.05, 0) is 49.1 Å². The molecule has 0 aliphatic heterocycles. The molecule has 0 spiro atoms. The molecule has 2 aromatic rings. The summed E-state index contributed by atoms with van der Waals surface area (Å²) >= 11 is 0. The van der Waals surface area contributed by atoms with Gasteiger partial charge in [-0.2, -0.15) is 5.26 Å². The lowest BCUT2D eigenvalue weighted by Crippen LogP contribution is -2.26. The summed E-state index contributed by atoms with van der Waals surface area (Å²) in [7, 11) is 0.